The molecule has 1 rings (SSSR count). The lowest BCUT2D eigenvalue weighted by atomic mass is 10.2. The van der Waals surface area contributed by atoms with Gasteiger partial charge in [-0.2, -0.15) is 0 Å². The molecule has 3 N–H and O–H groups in total. The molecule has 0 radical (unpaired) electrons. The van der Waals surface area contributed by atoms with Crippen LogP contribution in [-0.4, -0.2) is 32.0 Å². The van der Waals surface area contributed by atoms with E-state index in [-0.39, 0.29) is 12.6 Å². The summed E-state index contributed by atoms with van der Waals surface area (Å²) in [6.45, 7) is 4.97. The highest BCUT2D eigenvalue weighted by atomic mass is 16.5. The molecule has 1 aliphatic rings. The monoisotopic (exact) mass is 238 g/mol. The number of carbonyl (C=O) groups excluding carboxylic acids is 1. The number of hydrogen-bond acceptors (Lipinski definition) is 4. The number of ether oxygens (including phenoxy) is 2. The zero-order valence-corrected chi connectivity index (χ0v) is 9.72. The molecule has 1 saturated heterocycles. The molecule has 0 aliphatic carbocycles. The fourth-order valence-electron chi connectivity index (χ4n) is 1.43. The first-order valence-corrected chi connectivity index (χ1v) is 5.47. The van der Waals surface area contributed by atoms with Gasteiger partial charge in [-0.25, -0.2) is 4.79 Å². The van der Waals surface area contributed by atoms with Gasteiger partial charge in [0.2, 0.25) is 0 Å². The normalized spacial score (nSPS) is 20.5. The quantitative estimate of drug-likeness (QED) is 0.703. The van der Waals surface area contributed by atoms with E-state index >= 15 is 0 Å². The minimum atomic E-state index is -0.444. The van der Waals surface area contributed by atoms with E-state index in [1.54, 1.807) is 18.2 Å². The van der Waals surface area contributed by atoms with Gasteiger partial charge in [-0.3, -0.25) is 0 Å². The lowest BCUT2D eigenvalue weighted by molar-refractivity contribution is 0.147. The van der Waals surface area contributed by atoms with Crippen molar-refractivity contribution in [2.75, 3.05) is 19.8 Å². The second-order valence-electron chi connectivity index (χ2n) is 3.62. The van der Waals surface area contributed by atoms with Crippen LogP contribution < -0.4 is 11.1 Å². The van der Waals surface area contributed by atoms with E-state index in [0.29, 0.717) is 13.2 Å². The maximum absolute atomic E-state index is 11.4. The van der Waals surface area contributed by atoms with Gasteiger partial charge in [0, 0.05) is 6.61 Å². The molecule has 5 heteroatoms. The third-order valence-corrected chi connectivity index (χ3v) is 2.26. The summed E-state index contributed by atoms with van der Waals surface area (Å²) in [5.41, 5.74) is 6.05. The third-order valence-electron chi connectivity index (χ3n) is 2.26. The predicted molar refractivity (Wildman–Crippen MR) is 65.3 cm³/mol. The van der Waals surface area contributed by atoms with Crippen LogP contribution in [0, 0.1) is 0 Å². The van der Waals surface area contributed by atoms with Crippen LogP contribution in [0.15, 0.2) is 36.6 Å². The molecule has 1 aliphatic heterocycles. The highest BCUT2D eigenvalue weighted by Crippen LogP contribution is 2.04. The third kappa shape index (κ3) is 5.21. The van der Waals surface area contributed by atoms with Crippen molar-refractivity contribution in [3.63, 3.8) is 0 Å². The van der Waals surface area contributed by atoms with Crippen molar-refractivity contribution in [3.8, 4) is 0 Å². The Bertz CT molecular complexity index is 318. The molecule has 1 atom stereocenters. The van der Waals surface area contributed by atoms with E-state index in [0.717, 1.165) is 12.0 Å². The fourth-order valence-corrected chi connectivity index (χ4v) is 1.43. The van der Waals surface area contributed by atoms with Crippen molar-refractivity contribution in [1.29, 1.82) is 0 Å². The number of hydrogen-bond donors (Lipinski definition) is 2. The Morgan fingerprint density at radius 2 is 2.47 bits per heavy atom. The van der Waals surface area contributed by atoms with E-state index in [2.05, 4.69) is 11.9 Å². The molecule has 1 heterocycles. The Labute approximate surface area is 101 Å². The maximum Gasteiger partial charge on any atom is 0.407 e. The van der Waals surface area contributed by atoms with Gasteiger partial charge in [0.05, 0.1) is 12.6 Å². The molecule has 5 nitrogen and oxygen atoms in total. The van der Waals surface area contributed by atoms with Crippen LogP contribution in [0.1, 0.15) is 6.42 Å². The molecule has 94 valence electrons. The number of rotatable bonds is 5. The van der Waals surface area contributed by atoms with Crippen LogP contribution >= 0.6 is 0 Å². The number of nitrogens with one attached hydrogen (secondary N) is 1. The lowest BCUT2D eigenvalue weighted by Crippen LogP contribution is -2.35. The summed E-state index contributed by atoms with van der Waals surface area (Å²) >= 11 is 0. The van der Waals surface area contributed by atoms with Gasteiger partial charge in [-0.15, -0.1) is 0 Å². The molecule has 0 aromatic rings. The molecular weight excluding hydrogens is 220 g/mol. The zero-order valence-electron chi connectivity index (χ0n) is 9.72. The molecule has 0 saturated carbocycles. The van der Waals surface area contributed by atoms with E-state index in [1.165, 1.54) is 6.20 Å². The van der Waals surface area contributed by atoms with Crippen molar-refractivity contribution in [3.05, 3.63) is 36.6 Å². The summed E-state index contributed by atoms with van der Waals surface area (Å²) in [7, 11) is 0. The molecule has 0 aromatic heterocycles. The largest absolute Gasteiger partial charge is 0.445 e. The average molecular weight is 238 g/mol. The molecule has 1 fully saturated rings. The zero-order chi connectivity index (χ0) is 12.5. The minimum Gasteiger partial charge on any atom is -0.445 e. The van der Waals surface area contributed by atoms with Crippen LogP contribution in [0.25, 0.3) is 0 Å². The SMILES string of the molecule is C=C/C=C(\C=C/N)COC(=O)N[C@@H]1CCOC1. The summed E-state index contributed by atoms with van der Waals surface area (Å²) in [6, 6.07) is 0.0550. The molecule has 0 aromatic carbocycles. The van der Waals surface area contributed by atoms with Crippen LogP contribution in [-0.2, 0) is 9.47 Å². The summed E-state index contributed by atoms with van der Waals surface area (Å²) in [6.07, 6.45) is 6.78. The van der Waals surface area contributed by atoms with Crippen LogP contribution in [0.5, 0.6) is 0 Å². The fraction of sp³-hybridized carbons (Fsp3) is 0.417. The minimum absolute atomic E-state index is 0.0550. The van der Waals surface area contributed by atoms with Crippen molar-refractivity contribution in [1.82, 2.24) is 5.32 Å². The van der Waals surface area contributed by atoms with Crippen molar-refractivity contribution < 1.29 is 14.3 Å². The van der Waals surface area contributed by atoms with Crippen molar-refractivity contribution in [2.24, 2.45) is 5.73 Å². The standard InChI is InChI=1S/C12H18N2O3/c1-2-3-10(4-6-13)8-17-12(15)14-11-5-7-16-9-11/h2-4,6,11H,1,5,7-9,13H2,(H,14,15)/b6-4-,10-3+/t11-/m1/s1. The van der Waals surface area contributed by atoms with Gasteiger partial charge in [0.1, 0.15) is 6.61 Å². The van der Waals surface area contributed by atoms with Gasteiger partial charge < -0.3 is 20.5 Å². The van der Waals surface area contributed by atoms with Gasteiger partial charge in [0.15, 0.2) is 0 Å². The summed E-state index contributed by atoms with van der Waals surface area (Å²) < 4.78 is 10.2. The van der Waals surface area contributed by atoms with E-state index < -0.39 is 6.09 Å². The van der Waals surface area contributed by atoms with Gasteiger partial charge in [0.25, 0.3) is 0 Å². The van der Waals surface area contributed by atoms with E-state index in [4.69, 9.17) is 15.2 Å². The Kier molecular flexibility index (Phi) is 5.88. The number of carbonyl (C=O) groups is 1. The molecule has 0 spiro atoms. The summed E-state index contributed by atoms with van der Waals surface area (Å²) in [4.78, 5) is 11.4. The first-order valence-electron chi connectivity index (χ1n) is 5.47. The second-order valence-corrected chi connectivity index (χ2v) is 3.62. The van der Waals surface area contributed by atoms with Crippen LogP contribution in [0.4, 0.5) is 4.79 Å². The van der Waals surface area contributed by atoms with Gasteiger partial charge in [-0.05, 0) is 24.3 Å². The number of allylic oxidation sites excluding steroid dienone is 2. The predicted octanol–water partition coefficient (Wildman–Crippen LogP) is 1.09. The Balaban J connectivity index is 2.30. The summed E-state index contributed by atoms with van der Waals surface area (Å²) in [5, 5.41) is 2.72. The van der Waals surface area contributed by atoms with E-state index in [9.17, 15) is 4.79 Å². The van der Waals surface area contributed by atoms with Crippen LogP contribution in [0.3, 0.4) is 0 Å². The highest BCUT2D eigenvalue weighted by Gasteiger charge is 2.18. The van der Waals surface area contributed by atoms with Gasteiger partial charge in [-0.1, -0.05) is 18.7 Å². The Hall–Kier alpha value is -1.75. The second kappa shape index (κ2) is 7.51. The molecular formula is C12H18N2O3. The average Bonchev–Trinajstić information content (AvgIpc) is 2.79. The Morgan fingerprint density at radius 3 is 3.06 bits per heavy atom. The smallest absolute Gasteiger partial charge is 0.407 e. The highest BCUT2D eigenvalue weighted by molar-refractivity contribution is 5.67. The van der Waals surface area contributed by atoms with E-state index in [1.807, 2.05) is 0 Å². The van der Waals surface area contributed by atoms with Crippen molar-refractivity contribution >= 4 is 6.09 Å². The Morgan fingerprint density at radius 1 is 1.65 bits per heavy atom. The number of alkyl carbamates (subject to hydrolysis) is 1. The molecule has 1 amide bonds. The lowest BCUT2D eigenvalue weighted by Gasteiger charge is -2.11. The number of amides is 1. The van der Waals surface area contributed by atoms with Gasteiger partial charge >= 0.3 is 6.09 Å². The molecule has 0 unspecified atom stereocenters. The first kappa shape index (κ1) is 13.3. The first-order chi connectivity index (χ1) is 8.26. The number of nitrogens with two attached hydrogens (primary N) is 1. The van der Waals surface area contributed by atoms with Crippen LogP contribution in [0.2, 0.25) is 0 Å². The topological polar surface area (TPSA) is 73.6 Å². The van der Waals surface area contributed by atoms with Crippen molar-refractivity contribution in [2.45, 2.75) is 12.5 Å². The maximum atomic E-state index is 11.4. The molecule has 17 heavy (non-hydrogen) atoms. The molecule has 0 bridgehead atoms. The summed E-state index contributed by atoms with van der Waals surface area (Å²) in [5.74, 6) is 0.